The van der Waals surface area contributed by atoms with Crippen molar-refractivity contribution in [2.24, 2.45) is 4.99 Å². The van der Waals surface area contributed by atoms with E-state index in [1.807, 2.05) is 0 Å². The highest BCUT2D eigenvalue weighted by atomic mass is 35.5. The van der Waals surface area contributed by atoms with Gasteiger partial charge in [-0.3, -0.25) is 14.6 Å². The predicted molar refractivity (Wildman–Crippen MR) is 93.4 cm³/mol. The average molecular weight is 376 g/mol. The lowest BCUT2D eigenvalue weighted by molar-refractivity contribution is -0.122. The number of amidine groups is 1. The van der Waals surface area contributed by atoms with Crippen LogP contribution in [-0.2, 0) is 14.3 Å². The van der Waals surface area contributed by atoms with Gasteiger partial charge >= 0.3 is 0 Å². The molecule has 0 aliphatic carbocycles. The quantitative estimate of drug-likeness (QED) is 0.748. The number of halogens is 2. The van der Waals surface area contributed by atoms with Gasteiger partial charge < -0.3 is 15.4 Å². The van der Waals surface area contributed by atoms with Gasteiger partial charge in [0.2, 0.25) is 11.8 Å². The lowest BCUT2D eigenvalue weighted by atomic mass is 10.2. The standard InChI is InChI=1S/C14H15Cl2N3O3S/c1-22-3-2-17-14-19-13(21)11(23-14)7-12(20)18-10-5-8(15)4-9(16)6-10/h4-6,11H,2-3,7H2,1H3,(H,18,20)(H,17,19,21)/t11-/m0/s1. The van der Waals surface area contributed by atoms with Crippen molar-refractivity contribution in [2.45, 2.75) is 11.7 Å². The molecule has 1 heterocycles. The number of hydrogen-bond donors (Lipinski definition) is 2. The number of benzene rings is 1. The molecule has 0 unspecified atom stereocenters. The monoisotopic (exact) mass is 375 g/mol. The lowest BCUT2D eigenvalue weighted by Crippen LogP contribution is -2.28. The summed E-state index contributed by atoms with van der Waals surface area (Å²) in [5, 5.41) is 6.17. The molecule has 1 fully saturated rings. The highest BCUT2D eigenvalue weighted by Crippen LogP contribution is 2.25. The summed E-state index contributed by atoms with van der Waals surface area (Å²) in [6, 6.07) is 4.75. The van der Waals surface area contributed by atoms with Gasteiger partial charge in [0.25, 0.3) is 0 Å². The zero-order chi connectivity index (χ0) is 16.8. The number of carbonyl (C=O) groups is 2. The van der Waals surface area contributed by atoms with E-state index in [9.17, 15) is 9.59 Å². The molecule has 0 radical (unpaired) electrons. The van der Waals surface area contributed by atoms with Gasteiger partial charge in [-0.2, -0.15) is 0 Å². The van der Waals surface area contributed by atoms with E-state index >= 15 is 0 Å². The van der Waals surface area contributed by atoms with E-state index in [0.29, 0.717) is 34.1 Å². The van der Waals surface area contributed by atoms with Crippen LogP contribution in [0.5, 0.6) is 0 Å². The second kappa shape index (κ2) is 8.54. The summed E-state index contributed by atoms with van der Waals surface area (Å²) in [5.41, 5.74) is 0.491. The van der Waals surface area contributed by atoms with Crippen LogP contribution in [0.2, 0.25) is 10.0 Å². The van der Waals surface area contributed by atoms with Crippen molar-refractivity contribution in [3.63, 3.8) is 0 Å². The van der Waals surface area contributed by atoms with E-state index < -0.39 is 5.25 Å². The van der Waals surface area contributed by atoms with Crippen LogP contribution in [0.3, 0.4) is 0 Å². The summed E-state index contributed by atoms with van der Waals surface area (Å²) in [6.45, 7) is 0.930. The molecule has 6 nitrogen and oxygen atoms in total. The first kappa shape index (κ1) is 18.1. The molecule has 0 bridgehead atoms. The minimum Gasteiger partial charge on any atom is -0.383 e. The number of hydrogen-bond acceptors (Lipinski definition) is 5. The summed E-state index contributed by atoms with van der Waals surface area (Å²) < 4.78 is 4.89. The molecule has 9 heteroatoms. The Morgan fingerprint density at radius 2 is 2.09 bits per heavy atom. The fraction of sp³-hybridized carbons (Fsp3) is 0.357. The fourth-order valence-electron chi connectivity index (χ4n) is 1.86. The molecule has 124 valence electrons. The zero-order valence-electron chi connectivity index (χ0n) is 12.3. The number of amides is 2. The topological polar surface area (TPSA) is 79.8 Å². The van der Waals surface area contributed by atoms with Crippen molar-refractivity contribution < 1.29 is 14.3 Å². The van der Waals surface area contributed by atoms with Crippen LogP contribution in [-0.4, -0.2) is 42.5 Å². The Hall–Kier alpha value is -1.28. The van der Waals surface area contributed by atoms with Gasteiger partial charge in [0.05, 0.1) is 13.2 Å². The van der Waals surface area contributed by atoms with Crippen molar-refractivity contribution in [1.82, 2.24) is 5.32 Å². The Bertz CT molecular complexity index is 619. The number of nitrogens with one attached hydrogen (secondary N) is 2. The second-order valence-corrected chi connectivity index (χ2v) is 6.75. The van der Waals surface area contributed by atoms with Gasteiger partial charge in [0, 0.05) is 29.3 Å². The van der Waals surface area contributed by atoms with E-state index in [2.05, 4.69) is 15.6 Å². The fourth-order valence-corrected chi connectivity index (χ4v) is 3.38. The van der Waals surface area contributed by atoms with Gasteiger partial charge in [0.15, 0.2) is 5.17 Å². The lowest BCUT2D eigenvalue weighted by Gasteiger charge is -2.08. The third-order valence-electron chi connectivity index (χ3n) is 2.84. The number of nitrogens with zero attached hydrogens (tertiary/aromatic N) is 1. The van der Waals surface area contributed by atoms with Gasteiger partial charge in [-0.1, -0.05) is 35.0 Å². The molecule has 0 aromatic heterocycles. The van der Waals surface area contributed by atoms with Crippen molar-refractivity contribution in [3.05, 3.63) is 28.2 Å². The summed E-state index contributed by atoms with van der Waals surface area (Å²) in [4.78, 5) is 28.1. The van der Waals surface area contributed by atoms with E-state index in [-0.39, 0.29) is 18.2 Å². The first-order chi connectivity index (χ1) is 11.0. The van der Waals surface area contributed by atoms with Crippen molar-refractivity contribution in [2.75, 3.05) is 25.6 Å². The number of anilines is 1. The van der Waals surface area contributed by atoms with Crippen LogP contribution in [0.4, 0.5) is 5.69 Å². The Balaban J connectivity index is 1.90. The van der Waals surface area contributed by atoms with Crippen LogP contribution in [0, 0.1) is 0 Å². The van der Waals surface area contributed by atoms with Gasteiger partial charge in [-0.15, -0.1) is 0 Å². The molecule has 2 amide bonds. The number of rotatable bonds is 6. The molecule has 1 atom stereocenters. The molecule has 1 aliphatic rings. The Kier molecular flexibility index (Phi) is 6.71. The molecule has 1 aliphatic heterocycles. The molecule has 1 saturated heterocycles. The highest BCUT2D eigenvalue weighted by molar-refractivity contribution is 8.15. The van der Waals surface area contributed by atoms with Gasteiger partial charge in [-0.05, 0) is 18.2 Å². The number of aliphatic imine (C=N–C) groups is 1. The maximum atomic E-state index is 12.1. The minimum absolute atomic E-state index is 0.0317. The van der Waals surface area contributed by atoms with Gasteiger partial charge in [0.1, 0.15) is 5.25 Å². The molecule has 0 saturated carbocycles. The van der Waals surface area contributed by atoms with E-state index in [1.54, 1.807) is 25.3 Å². The van der Waals surface area contributed by atoms with E-state index in [1.165, 1.54) is 11.8 Å². The molecule has 2 N–H and O–H groups in total. The maximum Gasteiger partial charge on any atom is 0.240 e. The Labute approximate surface area is 148 Å². The van der Waals surface area contributed by atoms with Crippen LogP contribution in [0.1, 0.15) is 6.42 Å². The molecule has 0 spiro atoms. The summed E-state index contributed by atoms with van der Waals surface area (Å²) in [5.74, 6) is -0.528. The van der Waals surface area contributed by atoms with Crippen LogP contribution < -0.4 is 10.6 Å². The van der Waals surface area contributed by atoms with Crippen molar-refractivity contribution in [3.8, 4) is 0 Å². The molecule has 1 aromatic carbocycles. The second-order valence-electron chi connectivity index (χ2n) is 4.69. The third kappa shape index (κ3) is 5.69. The van der Waals surface area contributed by atoms with Crippen LogP contribution in [0.15, 0.2) is 23.2 Å². The van der Waals surface area contributed by atoms with Crippen molar-refractivity contribution >= 4 is 57.6 Å². The van der Waals surface area contributed by atoms with Gasteiger partial charge in [-0.25, -0.2) is 0 Å². The third-order valence-corrected chi connectivity index (χ3v) is 4.40. The normalized spacial score (nSPS) is 19.0. The highest BCUT2D eigenvalue weighted by Gasteiger charge is 2.31. The van der Waals surface area contributed by atoms with Crippen LogP contribution >= 0.6 is 35.0 Å². The predicted octanol–water partition coefficient (Wildman–Crippen LogP) is 2.56. The number of methoxy groups -OCH3 is 1. The van der Waals surface area contributed by atoms with Crippen molar-refractivity contribution in [1.29, 1.82) is 0 Å². The first-order valence-electron chi connectivity index (χ1n) is 6.75. The zero-order valence-corrected chi connectivity index (χ0v) is 14.6. The Morgan fingerprint density at radius 1 is 1.39 bits per heavy atom. The van der Waals surface area contributed by atoms with E-state index in [0.717, 1.165) is 0 Å². The SMILES string of the molecule is COCCN=C1NC(=O)[C@H](CC(=O)Nc2cc(Cl)cc(Cl)c2)S1. The average Bonchev–Trinajstić information content (AvgIpc) is 2.78. The summed E-state index contributed by atoms with van der Waals surface area (Å²) >= 11 is 13.0. The minimum atomic E-state index is -0.508. The summed E-state index contributed by atoms with van der Waals surface area (Å²) in [6.07, 6.45) is 0.0317. The van der Waals surface area contributed by atoms with Crippen LogP contribution in [0.25, 0.3) is 0 Å². The molecule has 23 heavy (non-hydrogen) atoms. The maximum absolute atomic E-state index is 12.1. The number of thioether (sulfide) groups is 1. The number of carbonyl (C=O) groups excluding carboxylic acids is 2. The largest absolute Gasteiger partial charge is 0.383 e. The molecular formula is C14H15Cl2N3O3S. The summed E-state index contributed by atoms with van der Waals surface area (Å²) in [7, 11) is 1.58. The van der Waals surface area contributed by atoms with E-state index in [4.69, 9.17) is 27.9 Å². The molecule has 2 rings (SSSR count). The smallest absolute Gasteiger partial charge is 0.240 e. The number of ether oxygens (including phenoxy) is 1. The molecular weight excluding hydrogens is 361 g/mol. The molecule has 1 aromatic rings. The Morgan fingerprint density at radius 3 is 2.74 bits per heavy atom. The first-order valence-corrected chi connectivity index (χ1v) is 8.38.